The molecule has 0 saturated carbocycles. The number of nitrogens with zero attached hydrogens (tertiary/aromatic N) is 2. The Morgan fingerprint density at radius 3 is 2.79 bits per heavy atom. The van der Waals surface area contributed by atoms with E-state index in [1.54, 1.807) is 0 Å². The van der Waals surface area contributed by atoms with Crippen LogP contribution < -0.4 is 5.73 Å². The number of fused-ring (bicyclic) bond motifs is 1. The van der Waals surface area contributed by atoms with Gasteiger partial charge in [0.1, 0.15) is 6.07 Å². The minimum atomic E-state index is 0.219. The van der Waals surface area contributed by atoms with E-state index in [9.17, 15) is 5.26 Å². The van der Waals surface area contributed by atoms with Crippen LogP contribution in [0.3, 0.4) is 0 Å². The van der Waals surface area contributed by atoms with Gasteiger partial charge in [0.05, 0.1) is 22.1 Å². The van der Waals surface area contributed by atoms with Crippen molar-refractivity contribution in [2.24, 2.45) is 0 Å². The molecular formula is C24H22ClN3. The molecule has 0 saturated heterocycles. The number of allylic oxidation sites excluding steroid dienone is 4. The number of halogens is 1. The largest absolute Gasteiger partial charge is 0.398 e. The second-order valence-corrected chi connectivity index (χ2v) is 7.63. The maximum atomic E-state index is 9.47. The van der Waals surface area contributed by atoms with Crippen LogP contribution in [0.1, 0.15) is 36.9 Å². The molecule has 0 aliphatic heterocycles. The average molecular weight is 388 g/mol. The summed E-state index contributed by atoms with van der Waals surface area (Å²) in [6, 6.07) is 12.2. The summed E-state index contributed by atoms with van der Waals surface area (Å²) in [5, 5.41) is 11.0. The van der Waals surface area contributed by atoms with Crippen molar-refractivity contribution in [3.8, 4) is 17.2 Å². The van der Waals surface area contributed by atoms with Gasteiger partial charge in [0, 0.05) is 22.8 Å². The van der Waals surface area contributed by atoms with Gasteiger partial charge in [0.2, 0.25) is 0 Å². The third-order valence-corrected chi connectivity index (χ3v) is 5.94. The lowest BCUT2D eigenvalue weighted by molar-refractivity contribution is 0.625. The Morgan fingerprint density at radius 1 is 1.29 bits per heavy atom. The van der Waals surface area contributed by atoms with Crippen LogP contribution in [-0.4, -0.2) is 4.57 Å². The molecule has 0 bridgehead atoms. The number of nitrogen functional groups attached to an aromatic ring is 1. The van der Waals surface area contributed by atoms with E-state index >= 15 is 0 Å². The molecule has 0 spiro atoms. The maximum Gasteiger partial charge on any atom is 0.101 e. The summed E-state index contributed by atoms with van der Waals surface area (Å²) in [4.78, 5) is 0. The Bertz CT molecular complexity index is 1170. The first-order valence-corrected chi connectivity index (χ1v) is 9.88. The molecule has 1 aliphatic rings. The summed E-state index contributed by atoms with van der Waals surface area (Å²) in [6.45, 7) is 4.21. The normalized spacial score (nSPS) is 16.2. The summed E-state index contributed by atoms with van der Waals surface area (Å²) in [7, 11) is 0. The predicted octanol–water partition coefficient (Wildman–Crippen LogP) is 6.56. The number of anilines is 1. The van der Waals surface area contributed by atoms with E-state index in [0.717, 1.165) is 46.1 Å². The molecule has 28 heavy (non-hydrogen) atoms. The van der Waals surface area contributed by atoms with Gasteiger partial charge in [-0.3, -0.25) is 0 Å². The lowest BCUT2D eigenvalue weighted by Crippen LogP contribution is -2.07. The van der Waals surface area contributed by atoms with E-state index in [4.69, 9.17) is 17.3 Å². The highest BCUT2D eigenvalue weighted by Gasteiger charge is 2.19. The fourth-order valence-electron chi connectivity index (χ4n) is 3.91. The molecule has 0 amide bonds. The molecular weight excluding hydrogens is 366 g/mol. The van der Waals surface area contributed by atoms with Gasteiger partial charge >= 0.3 is 0 Å². The van der Waals surface area contributed by atoms with E-state index < -0.39 is 0 Å². The maximum absolute atomic E-state index is 9.47. The van der Waals surface area contributed by atoms with Crippen LogP contribution in [0, 0.1) is 18.3 Å². The number of benzene rings is 2. The van der Waals surface area contributed by atoms with Gasteiger partial charge in [0.15, 0.2) is 0 Å². The zero-order chi connectivity index (χ0) is 19.8. The monoisotopic (exact) mass is 387 g/mol. The molecule has 1 aliphatic carbocycles. The molecule has 140 valence electrons. The third kappa shape index (κ3) is 3.00. The van der Waals surface area contributed by atoms with Crippen LogP contribution in [0.2, 0.25) is 5.02 Å². The zero-order valence-corrected chi connectivity index (χ0v) is 16.8. The number of nitrogens with two attached hydrogens (primary N) is 1. The third-order valence-electron chi connectivity index (χ3n) is 5.63. The van der Waals surface area contributed by atoms with E-state index in [2.05, 4.69) is 48.1 Å². The summed E-state index contributed by atoms with van der Waals surface area (Å²) >= 11 is 6.39. The van der Waals surface area contributed by atoms with Crippen LogP contribution in [0.25, 0.3) is 22.0 Å². The number of nitriles is 1. The van der Waals surface area contributed by atoms with Gasteiger partial charge in [-0.15, -0.1) is 0 Å². The lowest BCUT2D eigenvalue weighted by atomic mass is 9.98. The van der Waals surface area contributed by atoms with Crippen LogP contribution in [0.4, 0.5) is 5.69 Å². The van der Waals surface area contributed by atoms with E-state index in [1.165, 1.54) is 5.57 Å². The molecule has 4 rings (SSSR count). The van der Waals surface area contributed by atoms with Crippen molar-refractivity contribution < 1.29 is 0 Å². The minimum absolute atomic E-state index is 0.219. The van der Waals surface area contributed by atoms with Crippen molar-refractivity contribution in [1.82, 2.24) is 4.57 Å². The predicted molar refractivity (Wildman–Crippen MR) is 117 cm³/mol. The van der Waals surface area contributed by atoms with E-state index in [1.807, 2.05) is 31.2 Å². The van der Waals surface area contributed by atoms with Gasteiger partial charge in [-0.1, -0.05) is 54.5 Å². The van der Waals surface area contributed by atoms with Crippen molar-refractivity contribution in [1.29, 1.82) is 5.26 Å². The first kappa shape index (κ1) is 18.4. The van der Waals surface area contributed by atoms with Crippen LogP contribution in [0.5, 0.6) is 0 Å². The Balaban J connectivity index is 1.96. The highest BCUT2D eigenvalue weighted by Crippen LogP contribution is 2.39. The van der Waals surface area contributed by atoms with Crippen molar-refractivity contribution in [3.05, 3.63) is 76.5 Å². The zero-order valence-electron chi connectivity index (χ0n) is 16.0. The first-order valence-electron chi connectivity index (χ1n) is 9.50. The molecule has 2 N–H and O–H groups in total. The average Bonchev–Trinajstić information content (AvgIpc) is 3.07. The summed E-state index contributed by atoms with van der Waals surface area (Å²) < 4.78 is 2.26. The van der Waals surface area contributed by atoms with Crippen LogP contribution in [0.15, 0.2) is 60.3 Å². The Hall–Kier alpha value is -2.96. The second-order valence-electron chi connectivity index (χ2n) is 7.23. The first-order chi connectivity index (χ1) is 13.5. The topological polar surface area (TPSA) is 54.7 Å². The van der Waals surface area contributed by atoms with E-state index in [0.29, 0.717) is 10.6 Å². The summed E-state index contributed by atoms with van der Waals surface area (Å²) in [6.07, 6.45) is 10.9. The van der Waals surface area contributed by atoms with Crippen LogP contribution in [-0.2, 0) is 0 Å². The SMILES string of the molecule is CCC1=CCC(n2cc(-c3cccc(N)c3C)c3cc(C#N)c(Cl)cc32)C=C1. The second kappa shape index (κ2) is 7.22. The molecule has 1 aromatic heterocycles. The number of hydrogen-bond donors (Lipinski definition) is 1. The highest BCUT2D eigenvalue weighted by molar-refractivity contribution is 6.32. The fraction of sp³-hybridized carbons (Fsp3) is 0.208. The van der Waals surface area contributed by atoms with Gasteiger partial charge in [0.25, 0.3) is 0 Å². The molecule has 4 heteroatoms. The smallest absolute Gasteiger partial charge is 0.101 e. The highest BCUT2D eigenvalue weighted by atomic mass is 35.5. The van der Waals surface area contributed by atoms with Gasteiger partial charge in [-0.2, -0.15) is 5.26 Å². The molecule has 0 fully saturated rings. The Kier molecular flexibility index (Phi) is 4.75. The van der Waals surface area contributed by atoms with E-state index in [-0.39, 0.29) is 6.04 Å². The van der Waals surface area contributed by atoms with Crippen molar-refractivity contribution >= 4 is 28.2 Å². The van der Waals surface area contributed by atoms with Crippen molar-refractivity contribution in [2.75, 3.05) is 5.73 Å². The summed E-state index contributed by atoms with van der Waals surface area (Å²) in [5.41, 5.74) is 13.0. The van der Waals surface area contributed by atoms with Gasteiger partial charge < -0.3 is 10.3 Å². The minimum Gasteiger partial charge on any atom is -0.398 e. The molecule has 1 atom stereocenters. The van der Waals surface area contributed by atoms with Gasteiger partial charge in [-0.05, 0) is 49.1 Å². The molecule has 3 aromatic rings. The molecule has 1 heterocycles. The molecule has 1 unspecified atom stereocenters. The molecule has 3 nitrogen and oxygen atoms in total. The molecule has 2 aromatic carbocycles. The standard InChI is InChI=1S/C24H22ClN3/c1-3-16-7-9-18(10-8-16)28-14-21(19-5-4-6-23(27)15(19)2)20-11-17(13-26)22(25)12-24(20)28/h4-9,11-12,14,18H,3,10,27H2,1-2H3. The van der Waals surface area contributed by atoms with Crippen LogP contribution >= 0.6 is 11.6 Å². The Labute approximate surface area is 170 Å². The van der Waals surface area contributed by atoms with Crippen molar-refractivity contribution in [3.63, 3.8) is 0 Å². The van der Waals surface area contributed by atoms with Crippen molar-refractivity contribution in [2.45, 2.75) is 32.7 Å². The molecule has 0 radical (unpaired) electrons. The Morgan fingerprint density at radius 2 is 2.11 bits per heavy atom. The quantitative estimate of drug-likeness (QED) is 0.517. The summed E-state index contributed by atoms with van der Waals surface area (Å²) in [5.74, 6) is 0. The van der Waals surface area contributed by atoms with Gasteiger partial charge in [-0.25, -0.2) is 0 Å². The number of aromatic nitrogens is 1. The number of hydrogen-bond acceptors (Lipinski definition) is 2. The lowest BCUT2D eigenvalue weighted by Gasteiger charge is -2.19. The fourth-order valence-corrected chi connectivity index (χ4v) is 4.11. The number of rotatable bonds is 3.